The summed E-state index contributed by atoms with van der Waals surface area (Å²) < 4.78 is 0. The van der Waals surface area contributed by atoms with E-state index in [-0.39, 0.29) is 0 Å². The summed E-state index contributed by atoms with van der Waals surface area (Å²) in [5.74, 6) is 1.88. The molecular formula is C24H49. The molecule has 0 aliphatic rings. The third-order valence-corrected chi connectivity index (χ3v) is 5.37. The van der Waals surface area contributed by atoms with Gasteiger partial charge in [-0.25, -0.2) is 0 Å². The molecule has 0 unspecified atom stereocenters. The third kappa shape index (κ3) is 18.3. The Bertz CT molecular complexity index is 208. The standard InChI is InChI=1S/C24H49/c1-4-7-9-11-13-14-15-16-18-20-23-24(21-6-3)22-19-17-12-10-8-5-2/h4-23H2,1-3H3. The zero-order valence-corrected chi connectivity index (χ0v) is 17.6. The second-order valence-electron chi connectivity index (χ2n) is 7.95. The molecule has 0 aliphatic heterocycles. The minimum absolute atomic E-state index is 1.35. The second-order valence-corrected chi connectivity index (χ2v) is 7.95. The van der Waals surface area contributed by atoms with Crippen LogP contribution in [0.1, 0.15) is 149 Å². The van der Waals surface area contributed by atoms with E-state index in [9.17, 15) is 0 Å². The molecule has 0 heteroatoms. The van der Waals surface area contributed by atoms with Crippen molar-refractivity contribution in [3.05, 3.63) is 5.92 Å². The normalized spacial score (nSPS) is 11.5. The molecular weight excluding hydrogens is 288 g/mol. The molecule has 0 aromatic heterocycles. The van der Waals surface area contributed by atoms with E-state index in [1.54, 1.807) is 0 Å². The van der Waals surface area contributed by atoms with Gasteiger partial charge in [-0.2, -0.15) is 0 Å². The van der Waals surface area contributed by atoms with Crippen LogP contribution in [0.15, 0.2) is 0 Å². The molecule has 0 rings (SSSR count). The molecule has 0 spiro atoms. The van der Waals surface area contributed by atoms with Crippen molar-refractivity contribution in [3.63, 3.8) is 0 Å². The lowest BCUT2D eigenvalue weighted by Gasteiger charge is -2.15. The summed E-state index contributed by atoms with van der Waals surface area (Å²) in [5.41, 5.74) is 0. The molecule has 24 heavy (non-hydrogen) atoms. The lowest BCUT2D eigenvalue weighted by molar-refractivity contribution is 0.522. The lowest BCUT2D eigenvalue weighted by Crippen LogP contribution is -1.98. The summed E-state index contributed by atoms with van der Waals surface area (Å²) in [6.07, 6.45) is 28.8. The fourth-order valence-corrected chi connectivity index (χ4v) is 3.75. The van der Waals surface area contributed by atoms with Crippen LogP contribution in [0.3, 0.4) is 0 Å². The van der Waals surface area contributed by atoms with Gasteiger partial charge in [-0.1, -0.05) is 130 Å². The minimum Gasteiger partial charge on any atom is -0.0654 e. The molecule has 145 valence electrons. The van der Waals surface area contributed by atoms with Crippen LogP contribution in [0, 0.1) is 5.92 Å². The Labute approximate surface area is 155 Å². The highest BCUT2D eigenvalue weighted by atomic mass is 14.1. The number of unbranched alkanes of at least 4 members (excludes halogenated alkanes) is 14. The van der Waals surface area contributed by atoms with E-state index in [0.29, 0.717) is 0 Å². The lowest BCUT2D eigenvalue weighted by atomic mass is 9.90. The largest absolute Gasteiger partial charge is 0.0654 e. The molecule has 0 aromatic carbocycles. The van der Waals surface area contributed by atoms with Gasteiger partial charge in [-0.15, -0.1) is 0 Å². The minimum atomic E-state index is 1.35. The zero-order chi connectivity index (χ0) is 17.7. The van der Waals surface area contributed by atoms with E-state index in [1.807, 2.05) is 5.92 Å². The van der Waals surface area contributed by atoms with Gasteiger partial charge in [0.25, 0.3) is 0 Å². The molecule has 0 aliphatic carbocycles. The predicted molar refractivity (Wildman–Crippen MR) is 113 cm³/mol. The predicted octanol–water partition coefficient (Wildman–Crippen LogP) is 9.42. The Hall–Kier alpha value is 0. The van der Waals surface area contributed by atoms with Crippen molar-refractivity contribution >= 4 is 0 Å². The molecule has 0 fully saturated rings. The third-order valence-electron chi connectivity index (χ3n) is 5.37. The average Bonchev–Trinajstić information content (AvgIpc) is 2.59. The summed E-state index contributed by atoms with van der Waals surface area (Å²) >= 11 is 0. The highest BCUT2D eigenvalue weighted by Gasteiger charge is 2.08. The van der Waals surface area contributed by atoms with Crippen LogP contribution in [0.2, 0.25) is 0 Å². The van der Waals surface area contributed by atoms with E-state index in [1.165, 1.54) is 128 Å². The van der Waals surface area contributed by atoms with Crippen LogP contribution in [0.4, 0.5) is 0 Å². The van der Waals surface area contributed by atoms with Crippen molar-refractivity contribution < 1.29 is 0 Å². The van der Waals surface area contributed by atoms with Gasteiger partial charge < -0.3 is 0 Å². The average molecular weight is 338 g/mol. The Morgan fingerprint density at radius 3 is 1.00 bits per heavy atom. The number of hydrogen-bond donors (Lipinski definition) is 0. The topological polar surface area (TPSA) is 0 Å². The fraction of sp³-hybridized carbons (Fsp3) is 0.958. The first-order chi connectivity index (χ1) is 11.8. The first-order valence-electron chi connectivity index (χ1n) is 11.7. The molecule has 0 amide bonds. The summed E-state index contributed by atoms with van der Waals surface area (Å²) in [6, 6.07) is 0. The quantitative estimate of drug-likeness (QED) is 0.194. The maximum Gasteiger partial charge on any atom is -0.0241 e. The van der Waals surface area contributed by atoms with Gasteiger partial charge in [-0.3, -0.25) is 0 Å². The van der Waals surface area contributed by atoms with Gasteiger partial charge in [-0.05, 0) is 25.2 Å². The van der Waals surface area contributed by atoms with E-state index >= 15 is 0 Å². The van der Waals surface area contributed by atoms with Crippen LogP contribution < -0.4 is 0 Å². The molecule has 0 aromatic rings. The molecule has 0 atom stereocenters. The number of rotatable bonds is 20. The summed E-state index contributed by atoms with van der Waals surface area (Å²) in [5, 5.41) is 0. The van der Waals surface area contributed by atoms with Crippen LogP contribution in [0.5, 0.6) is 0 Å². The highest BCUT2D eigenvalue weighted by Crippen LogP contribution is 2.25. The van der Waals surface area contributed by atoms with Gasteiger partial charge in [0.2, 0.25) is 0 Å². The fourth-order valence-electron chi connectivity index (χ4n) is 3.75. The van der Waals surface area contributed by atoms with Crippen molar-refractivity contribution in [3.8, 4) is 0 Å². The maximum absolute atomic E-state index is 2.35. The van der Waals surface area contributed by atoms with Gasteiger partial charge in [0.05, 0.1) is 0 Å². The smallest absolute Gasteiger partial charge is 0.0241 e. The molecule has 0 nitrogen and oxygen atoms in total. The first-order valence-corrected chi connectivity index (χ1v) is 11.7. The Balaban J connectivity index is 3.40. The molecule has 0 bridgehead atoms. The Morgan fingerprint density at radius 1 is 0.333 bits per heavy atom. The SMILES string of the molecule is CCCCCCCCCCCC[C](CCC)CCCCCCCC. The van der Waals surface area contributed by atoms with Crippen LogP contribution in [0.25, 0.3) is 0 Å². The van der Waals surface area contributed by atoms with Crippen LogP contribution in [-0.2, 0) is 0 Å². The van der Waals surface area contributed by atoms with E-state index in [4.69, 9.17) is 0 Å². The molecule has 0 saturated carbocycles. The monoisotopic (exact) mass is 337 g/mol. The van der Waals surface area contributed by atoms with Crippen LogP contribution in [-0.4, -0.2) is 0 Å². The van der Waals surface area contributed by atoms with Gasteiger partial charge >= 0.3 is 0 Å². The molecule has 0 N–H and O–H groups in total. The Kier molecular flexibility index (Phi) is 21.0. The second kappa shape index (κ2) is 21.0. The Morgan fingerprint density at radius 2 is 0.667 bits per heavy atom. The summed E-state index contributed by atoms with van der Waals surface area (Å²) in [6.45, 7) is 6.95. The molecule has 0 heterocycles. The van der Waals surface area contributed by atoms with Gasteiger partial charge in [0, 0.05) is 0 Å². The van der Waals surface area contributed by atoms with Gasteiger partial charge in [0.15, 0.2) is 0 Å². The number of hydrogen-bond acceptors (Lipinski definition) is 0. The first kappa shape index (κ1) is 24.0. The van der Waals surface area contributed by atoms with Gasteiger partial charge in [0.1, 0.15) is 0 Å². The molecule has 0 saturated heterocycles. The van der Waals surface area contributed by atoms with Crippen LogP contribution >= 0.6 is 0 Å². The summed E-state index contributed by atoms with van der Waals surface area (Å²) in [7, 11) is 0. The van der Waals surface area contributed by atoms with E-state index in [0.717, 1.165) is 0 Å². The maximum atomic E-state index is 2.35. The van der Waals surface area contributed by atoms with Crippen molar-refractivity contribution in [2.75, 3.05) is 0 Å². The summed E-state index contributed by atoms with van der Waals surface area (Å²) in [4.78, 5) is 0. The van der Waals surface area contributed by atoms with Crippen molar-refractivity contribution in [2.24, 2.45) is 0 Å². The highest BCUT2D eigenvalue weighted by molar-refractivity contribution is 4.88. The van der Waals surface area contributed by atoms with Crippen molar-refractivity contribution in [1.29, 1.82) is 0 Å². The zero-order valence-electron chi connectivity index (χ0n) is 17.6. The molecule has 1 radical (unpaired) electrons. The van der Waals surface area contributed by atoms with Crippen molar-refractivity contribution in [1.82, 2.24) is 0 Å². The van der Waals surface area contributed by atoms with E-state index < -0.39 is 0 Å². The van der Waals surface area contributed by atoms with Crippen molar-refractivity contribution in [2.45, 2.75) is 149 Å². The van der Waals surface area contributed by atoms with E-state index in [2.05, 4.69) is 20.8 Å².